The number of nitrogens with zero attached hydrogens (tertiary/aromatic N) is 1. The summed E-state index contributed by atoms with van der Waals surface area (Å²) in [5.74, 6) is -0.546. The Morgan fingerprint density at radius 2 is 1.76 bits per heavy atom. The minimum atomic E-state index is -0.890. The van der Waals surface area contributed by atoms with Crippen LogP contribution in [0.25, 0.3) is 11.1 Å². The molecule has 3 rings (SSSR count). The van der Waals surface area contributed by atoms with Crippen LogP contribution in [0.4, 0.5) is 0 Å². The number of piperazine rings is 1. The van der Waals surface area contributed by atoms with Gasteiger partial charge in [0.1, 0.15) is 11.8 Å². The summed E-state index contributed by atoms with van der Waals surface area (Å²) < 4.78 is 11.2. The number of unbranched alkanes of at least 4 members (excludes halogenated alkanes) is 1. The highest BCUT2D eigenvalue weighted by Crippen LogP contribution is 2.24. The van der Waals surface area contributed by atoms with Crippen LogP contribution in [0, 0.1) is 0 Å². The third-order valence-corrected chi connectivity index (χ3v) is 5.62. The third kappa shape index (κ3) is 6.57. The van der Waals surface area contributed by atoms with Gasteiger partial charge in [-0.1, -0.05) is 62.7 Å². The second-order valence-electron chi connectivity index (χ2n) is 8.02. The molecule has 1 N–H and O–H groups in total. The topological polar surface area (TPSA) is 84.9 Å². The maximum absolute atomic E-state index is 13.3. The van der Waals surface area contributed by atoms with E-state index in [2.05, 4.69) is 5.32 Å². The summed E-state index contributed by atoms with van der Waals surface area (Å²) in [5, 5.41) is 2.74. The van der Waals surface area contributed by atoms with Crippen molar-refractivity contribution in [3.8, 4) is 16.9 Å². The molecule has 1 aliphatic heterocycles. The molecule has 2 aromatic carbocycles. The molecule has 1 fully saturated rings. The van der Waals surface area contributed by atoms with E-state index in [4.69, 9.17) is 9.47 Å². The molecular weight excluding hydrogens is 420 g/mol. The Kier molecular flexibility index (Phi) is 8.87. The van der Waals surface area contributed by atoms with Crippen LogP contribution in [0.15, 0.2) is 54.6 Å². The number of ether oxygens (including phenoxy) is 2. The molecular formula is C26H32N2O5. The number of benzene rings is 2. The predicted molar refractivity (Wildman–Crippen MR) is 126 cm³/mol. The summed E-state index contributed by atoms with van der Waals surface area (Å²) in [6, 6.07) is 16.7. The van der Waals surface area contributed by atoms with E-state index in [0.29, 0.717) is 31.9 Å². The van der Waals surface area contributed by atoms with Crippen LogP contribution in [0.5, 0.6) is 5.75 Å². The van der Waals surface area contributed by atoms with E-state index >= 15 is 0 Å². The number of amides is 2. The van der Waals surface area contributed by atoms with Gasteiger partial charge in [0.05, 0.1) is 13.0 Å². The highest BCUT2D eigenvalue weighted by Gasteiger charge is 2.38. The summed E-state index contributed by atoms with van der Waals surface area (Å²) in [5.41, 5.74) is 2.15. The first-order valence-corrected chi connectivity index (χ1v) is 11.6. The van der Waals surface area contributed by atoms with Crippen LogP contribution < -0.4 is 10.1 Å². The summed E-state index contributed by atoms with van der Waals surface area (Å²) in [6.07, 6.45) is 1.19. The van der Waals surface area contributed by atoms with Gasteiger partial charge in [0.15, 0.2) is 6.10 Å². The van der Waals surface area contributed by atoms with Crippen molar-refractivity contribution < 1.29 is 23.9 Å². The molecule has 1 aliphatic rings. The molecule has 1 saturated heterocycles. The zero-order chi connectivity index (χ0) is 23.6. The molecule has 2 unspecified atom stereocenters. The highest BCUT2D eigenvalue weighted by molar-refractivity contribution is 5.93. The van der Waals surface area contributed by atoms with E-state index in [1.807, 2.05) is 68.4 Å². The molecule has 0 aliphatic carbocycles. The van der Waals surface area contributed by atoms with Crippen molar-refractivity contribution in [2.24, 2.45) is 0 Å². The van der Waals surface area contributed by atoms with Gasteiger partial charge in [-0.3, -0.25) is 14.4 Å². The lowest BCUT2D eigenvalue weighted by atomic mass is 10.1. The molecule has 7 nitrogen and oxygen atoms in total. The smallest absolute Gasteiger partial charge is 0.308 e. The highest BCUT2D eigenvalue weighted by atomic mass is 16.5. The van der Waals surface area contributed by atoms with Crippen LogP contribution in [0.2, 0.25) is 0 Å². The van der Waals surface area contributed by atoms with Crippen molar-refractivity contribution in [1.29, 1.82) is 0 Å². The lowest BCUT2D eigenvalue weighted by molar-refractivity contribution is -0.154. The average molecular weight is 453 g/mol. The number of nitrogens with one attached hydrogen (secondary N) is 1. The molecule has 2 amide bonds. The van der Waals surface area contributed by atoms with E-state index in [0.717, 1.165) is 24.0 Å². The van der Waals surface area contributed by atoms with Crippen LogP contribution in [-0.2, 0) is 19.1 Å². The van der Waals surface area contributed by atoms with Crippen molar-refractivity contribution in [2.75, 3.05) is 19.7 Å². The number of hydrogen-bond acceptors (Lipinski definition) is 5. The van der Waals surface area contributed by atoms with Gasteiger partial charge in [0.25, 0.3) is 5.91 Å². The fourth-order valence-corrected chi connectivity index (χ4v) is 3.74. The lowest BCUT2D eigenvalue weighted by Crippen LogP contribution is -2.60. The number of carbonyl (C=O) groups is 3. The SMILES string of the molecule is CCCCOC(=O)CC1C(=O)NCCN1C(=O)C(CC)Oc1ccc(-c2ccccc2)cc1. The Morgan fingerprint density at radius 3 is 2.42 bits per heavy atom. The van der Waals surface area contributed by atoms with Gasteiger partial charge in [-0.25, -0.2) is 0 Å². The van der Waals surface area contributed by atoms with E-state index in [1.54, 1.807) is 0 Å². The molecule has 0 saturated carbocycles. The fraction of sp³-hybridized carbons (Fsp3) is 0.423. The van der Waals surface area contributed by atoms with Gasteiger partial charge < -0.3 is 19.7 Å². The molecule has 7 heteroatoms. The zero-order valence-electron chi connectivity index (χ0n) is 19.3. The van der Waals surface area contributed by atoms with E-state index in [1.165, 1.54) is 4.90 Å². The van der Waals surface area contributed by atoms with Crippen molar-refractivity contribution >= 4 is 17.8 Å². The Labute approximate surface area is 195 Å². The van der Waals surface area contributed by atoms with Crippen LogP contribution in [0.3, 0.4) is 0 Å². The normalized spacial score (nSPS) is 16.6. The van der Waals surface area contributed by atoms with Crippen LogP contribution in [-0.4, -0.2) is 54.5 Å². The largest absolute Gasteiger partial charge is 0.481 e. The van der Waals surface area contributed by atoms with Crippen LogP contribution >= 0.6 is 0 Å². The first-order chi connectivity index (χ1) is 16.0. The second-order valence-corrected chi connectivity index (χ2v) is 8.02. The summed E-state index contributed by atoms with van der Waals surface area (Å²) >= 11 is 0. The van der Waals surface area contributed by atoms with Crippen molar-refractivity contribution in [3.05, 3.63) is 54.6 Å². The Bertz CT molecular complexity index is 929. The molecule has 176 valence electrons. The molecule has 33 heavy (non-hydrogen) atoms. The number of rotatable bonds is 10. The van der Waals surface area contributed by atoms with Gasteiger partial charge in [-0.05, 0) is 36.1 Å². The number of carbonyl (C=O) groups excluding carboxylic acids is 3. The minimum absolute atomic E-state index is 0.163. The Morgan fingerprint density at radius 1 is 1.06 bits per heavy atom. The molecule has 0 bridgehead atoms. The fourth-order valence-electron chi connectivity index (χ4n) is 3.74. The molecule has 2 aromatic rings. The average Bonchev–Trinajstić information content (AvgIpc) is 2.84. The van der Waals surface area contributed by atoms with Crippen molar-refractivity contribution in [3.63, 3.8) is 0 Å². The van der Waals surface area contributed by atoms with Crippen molar-refractivity contribution in [2.45, 2.75) is 51.7 Å². The second kappa shape index (κ2) is 12.0. The Hall–Kier alpha value is -3.35. The van der Waals surface area contributed by atoms with E-state index in [9.17, 15) is 14.4 Å². The standard InChI is InChI=1S/C26H32N2O5/c1-3-5-17-32-24(29)18-22-25(30)27-15-16-28(22)26(31)23(4-2)33-21-13-11-20(12-14-21)19-9-7-6-8-10-19/h6-14,22-23H,3-5,15-18H2,1-2H3,(H,27,30). The van der Waals surface area contributed by atoms with Crippen LogP contribution in [0.1, 0.15) is 39.5 Å². The van der Waals surface area contributed by atoms with Crippen molar-refractivity contribution in [1.82, 2.24) is 10.2 Å². The maximum atomic E-state index is 13.3. The first-order valence-electron chi connectivity index (χ1n) is 11.6. The monoisotopic (exact) mass is 452 g/mol. The van der Waals surface area contributed by atoms with Gasteiger partial charge >= 0.3 is 5.97 Å². The third-order valence-electron chi connectivity index (χ3n) is 5.62. The number of esters is 1. The van der Waals surface area contributed by atoms with E-state index < -0.39 is 18.1 Å². The molecule has 0 spiro atoms. The minimum Gasteiger partial charge on any atom is -0.481 e. The van der Waals surface area contributed by atoms with Gasteiger partial charge in [0, 0.05) is 13.1 Å². The van der Waals surface area contributed by atoms with Gasteiger partial charge in [-0.2, -0.15) is 0 Å². The summed E-state index contributed by atoms with van der Waals surface area (Å²) in [6.45, 7) is 4.84. The molecule has 0 aromatic heterocycles. The van der Waals surface area contributed by atoms with E-state index in [-0.39, 0.29) is 18.2 Å². The maximum Gasteiger partial charge on any atom is 0.308 e. The molecule has 1 heterocycles. The Balaban J connectivity index is 1.67. The summed E-state index contributed by atoms with van der Waals surface area (Å²) in [4.78, 5) is 39.4. The quantitative estimate of drug-likeness (QED) is 0.440. The van der Waals surface area contributed by atoms with Gasteiger partial charge in [-0.15, -0.1) is 0 Å². The number of hydrogen-bond donors (Lipinski definition) is 1. The zero-order valence-corrected chi connectivity index (χ0v) is 19.3. The van der Waals surface area contributed by atoms with Gasteiger partial charge in [0.2, 0.25) is 5.91 Å². The lowest BCUT2D eigenvalue weighted by Gasteiger charge is -2.36. The first kappa shape index (κ1) is 24.3. The predicted octanol–water partition coefficient (Wildman–Crippen LogP) is 3.57. The molecule has 0 radical (unpaired) electrons. The summed E-state index contributed by atoms with van der Waals surface area (Å²) in [7, 11) is 0. The molecule has 2 atom stereocenters.